The molecule has 0 aromatic heterocycles. The molecule has 100 valence electrons. The molecular formula is C11H16N2O4S. The van der Waals surface area contributed by atoms with Crippen molar-refractivity contribution in [2.24, 2.45) is 0 Å². The van der Waals surface area contributed by atoms with Crippen molar-refractivity contribution in [1.82, 2.24) is 4.72 Å². The Morgan fingerprint density at radius 2 is 1.89 bits per heavy atom. The van der Waals surface area contributed by atoms with Crippen molar-refractivity contribution >= 4 is 21.9 Å². The van der Waals surface area contributed by atoms with Gasteiger partial charge in [0, 0.05) is 5.54 Å². The molecule has 0 amide bonds. The summed E-state index contributed by atoms with van der Waals surface area (Å²) in [6, 6.07) is 5.59. The van der Waals surface area contributed by atoms with Crippen LogP contribution in [0, 0.1) is 0 Å². The summed E-state index contributed by atoms with van der Waals surface area (Å²) < 4.78 is 28.1. The number of hydrogen-bond acceptors (Lipinski definition) is 3. The molecule has 0 bridgehead atoms. The molecule has 0 atom stereocenters. The highest BCUT2D eigenvalue weighted by Gasteiger charge is 2.19. The van der Waals surface area contributed by atoms with E-state index in [9.17, 15) is 13.2 Å². The summed E-state index contributed by atoms with van der Waals surface area (Å²) in [5.41, 5.74) is -0.395. The van der Waals surface area contributed by atoms with Gasteiger partial charge in [-0.1, -0.05) is 6.07 Å². The van der Waals surface area contributed by atoms with Crippen molar-refractivity contribution in [3.05, 3.63) is 29.8 Å². The molecule has 18 heavy (non-hydrogen) atoms. The van der Waals surface area contributed by atoms with E-state index in [4.69, 9.17) is 5.11 Å². The fourth-order valence-electron chi connectivity index (χ4n) is 1.30. The zero-order valence-electron chi connectivity index (χ0n) is 10.4. The smallest absolute Gasteiger partial charge is 0.335 e. The van der Waals surface area contributed by atoms with Gasteiger partial charge in [-0.3, -0.25) is 4.72 Å². The van der Waals surface area contributed by atoms with E-state index >= 15 is 0 Å². The maximum atomic E-state index is 11.7. The lowest BCUT2D eigenvalue weighted by atomic mass is 10.1. The summed E-state index contributed by atoms with van der Waals surface area (Å²) in [6.45, 7) is 5.12. The number of nitrogens with one attached hydrogen (secondary N) is 2. The predicted octanol–water partition coefficient (Wildman–Crippen LogP) is 1.43. The van der Waals surface area contributed by atoms with E-state index in [1.807, 2.05) is 0 Å². The van der Waals surface area contributed by atoms with Gasteiger partial charge in [0.15, 0.2) is 0 Å². The van der Waals surface area contributed by atoms with Crippen LogP contribution in [0.15, 0.2) is 24.3 Å². The average Bonchev–Trinajstić information content (AvgIpc) is 2.12. The van der Waals surface area contributed by atoms with Gasteiger partial charge in [0.05, 0.1) is 11.3 Å². The largest absolute Gasteiger partial charge is 0.478 e. The summed E-state index contributed by atoms with van der Waals surface area (Å²) in [4.78, 5) is 10.8. The molecule has 1 aromatic carbocycles. The number of hydrogen-bond donors (Lipinski definition) is 3. The number of anilines is 1. The number of aromatic carboxylic acids is 1. The minimum Gasteiger partial charge on any atom is -0.478 e. The van der Waals surface area contributed by atoms with Crippen LogP contribution < -0.4 is 9.44 Å². The summed E-state index contributed by atoms with van der Waals surface area (Å²) in [7, 11) is -3.73. The molecule has 0 aliphatic rings. The Balaban J connectivity index is 2.91. The number of benzene rings is 1. The molecule has 0 fully saturated rings. The summed E-state index contributed by atoms with van der Waals surface area (Å²) in [5, 5.41) is 8.80. The summed E-state index contributed by atoms with van der Waals surface area (Å²) in [5.74, 6) is -1.11. The molecule has 6 nitrogen and oxygen atoms in total. The second-order valence-corrected chi connectivity index (χ2v) is 6.26. The van der Waals surface area contributed by atoms with Crippen molar-refractivity contribution in [2.75, 3.05) is 4.72 Å². The van der Waals surface area contributed by atoms with E-state index in [1.165, 1.54) is 24.3 Å². The first kappa shape index (κ1) is 14.5. The third-order valence-electron chi connectivity index (χ3n) is 1.80. The Kier molecular flexibility index (Phi) is 3.98. The quantitative estimate of drug-likeness (QED) is 0.772. The Morgan fingerprint density at radius 1 is 1.28 bits per heavy atom. The number of carbonyl (C=O) groups is 1. The lowest BCUT2D eigenvalue weighted by molar-refractivity contribution is 0.0697. The van der Waals surface area contributed by atoms with Crippen molar-refractivity contribution in [1.29, 1.82) is 0 Å². The van der Waals surface area contributed by atoms with Crippen molar-refractivity contribution < 1.29 is 18.3 Å². The fraction of sp³-hybridized carbons (Fsp3) is 0.364. The number of carboxylic acids is 1. The molecule has 0 saturated heterocycles. The molecule has 0 unspecified atom stereocenters. The Hall–Kier alpha value is -1.60. The van der Waals surface area contributed by atoms with Gasteiger partial charge in [0.2, 0.25) is 0 Å². The lowest BCUT2D eigenvalue weighted by Gasteiger charge is -2.20. The van der Waals surface area contributed by atoms with Gasteiger partial charge in [-0.05, 0) is 39.0 Å². The van der Waals surface area contributed by atoms with Gasteiger partial charge in [-0.15, -0.1) is 0 Å². The van der Waals surface area contributed by atoms with Gasteiger partial charge >= 0.3 is 5.97 Å². The maximum Gasteiger partial charge on any atom is 0.335 e. The van der Waals surface area contributed by atoms with E-state index in [1.54, 1.807) is 20.8 Å². The average molecular weight is 272 g/mol. The van der Waals surface area contributed by atoms with Gasteiger partial charge in [0.25, 0.3) is 10.2 Å². The Labute approximate surface area is 106 Å². The van der Waals surface area contributed by atoms with E-state index < -0.39 is 21.7 Å². The lowest BCUT2D eigenvalue weighted by Crippen LogP contribution is -2.43. The first-order chi connectivity index (χ1) is 8.09. The third kappa shape index (κ3) is 4.72. The molecule has 0 radical (unpaired) electrons. The van der Waals surface area contributed by atoms with E-state index in [2.05, 4.69) is 9.44 Å². The minimum atomic E-state index is -3.73. The van der Waals surface area contributed by atoms with Crippen LogP contribution in [0.1, 0.15) is 31.1 Å². The monoisotopic (exact) mass is 272 g/mol. The first-order valence-electron chi connectivity index (χ1n) is 5.24. The van der Waals surface area contributed by atoms with Crippen LogP contribution >= 0.6 is 0 Å². The minimum absolute atomic E-state index is 0.0194. The predicted molar refractivity (Wildman–Crippen MR) is 68.8 cm³/mol. The Bertz CT molecular complexity index is 546. The van der Waals surface area contributed by atoms with Gasteiger partial charge < -0.3 is 5.11 Å². The standard InChI is InChI=1S/C11H16N2O4S/c1-11(2,3)13-18(16,17)12-9-6-4-5-8(7-9)10(14)15/h4-7,12-13H,1-3H3,(H,14,15). The van der Waals surface area contributed by atoms with Crippen LogP contribution in [-0.4, -0.2) is 25.0 Å². The van der Waals surface area contributed by atoms with Gasteiger partial charge in [-0.25, -0.2) is 4.79 Å². The number of carboxylic acid groups (broad SMARTS) is 1. The topological polar surface area (TPSA) is 95.5 Å². The molecule has 1 rings (SSSR count). The van der Waals surface area contributed by atoms with Crippen molar-refractivity contribution in [3.63, 3.8) is 0 Å². The van der Waals surface area contributed by atoms with Crippen molar-refractivity contribution in [3.8, 4) is 0 Å². The van der Waals surface area contributed by atoms with Crippen LogP contribution in [0.4, 0.5) is 5.69 Å². The molecular weight excluding hydrogens is 256 g/mol. The van der Waals surface area contributed by atoms with Gasteiger partial charge in [-0.2, -0.15) is 13.1 Å². The van der Waals surface area contributed by atoms with Gasteiger partial charge in [0.1, 0.15) is 0 Å². The highest BCUT2D eigenvalue weighted by molar-refractivity contribution is 7.90. The van der Waals surface area contributed by atoms with E-state index in [-0.39, 0.29) is 11.3 Å². The molecule has 0 saturated carbocycles. The zero-order chi connectivity index (χ0) is 14.0. The first-order valence-corrected chi connectivity index (χ1v) is 6.72. The van der Waals surface area contributed by atoms with E-state index in [0.29, 0.717) is 0 Å². The zero-order valence-corrected chi connectivity index (χ0v) is 11.2. The normalized spacial score (nSPS) is 12.2. The summed E-state index contributed by atoms with van der Waals surface area (Å²) >= 11 is 0. The molecule has 0 spiro atoms. The second-order valence-electron chi connectivity index (χ2n) is 4.84. The third-order valence-corrected chi connectivity index (χ3v) is 3.19. The molecule has 0 heterocycles. The molecule has 0 aliphatic carbocycles. The van der Waals surface area contributed by atoms with Crippen LogP contribution in [0.2, 0.25) is 0 Å². The SMILES string of the molecule is CC(C)(C)NS(=O)(=O)Nc1cccc(C(=O)O)c1. The molecule has 1 aromatic rings. The highest BCUT2D eigenvalue weighted by atomic mass is 32.2. The van der Waals surface area contributed by atoms with E-state index in [0.717, 1.165) is 0 Å². The molecule has 0 aliphatic heterocycles. The van der Waals surface area contributed by atoms with Crippen LogP contribution in [0.25, 0.3) is 0 Å². The maximum absolute atomic E-state index is 11.7. The Morgan fingerprint density at radius 3 is 2.39 bits per heavy atom. The highest BCUT2D eigenvalue weighted by Crippen LogP contribution is 2.13. The number of rotatable bonds is 4. The van der Waals surface area contributed by atoms with Crippen molar-refractivity contribution in [2.45, 2.75) is 26.3 Å². The molecule has 7 heteroatoms. The summed E-state index contributed by atoms with van der Waals surface area (Å²) in [6.07, 6.45) is 0. The van der Waals surface area contributed by atoms with Crippen LogP contribution in [0.3, 0.4) is 0 Å². The van der Waals surface area contributed by atoms with Crippen LogP contribution in [0.5, 0.6) is 0 Å². The van der Waals surface area contributed by atoms with Crippen LogP contribution in [-0.2, 0) is 10.2 Å². The molecule has 3 N–H and O–H groups in total. The second kappa shape index (κ2) is 4.95. The fourth-order valence-corrected chi connectivity index (χ4v) is 2.59.